The van der Waals surface area contributed by atoms with Gasteiger partial charge < -0.3 is 19.7 Å². The van der Waals surface area contributed by atoms with E-state index in [4.69, 9.17) is 9.47 Å². The summed E-state index contributed by atoms with van der Waals surface area (Å²) in [6, 6.07) is 15.0. The summed E-state index contributed by atoms with van der Waals surface area (Å²) in [5, 5.41) is 2.85. The van der Waals surface area contributed by atoms with Crippen molar-refractivity contribution in [1.29, 1.82) is 0 Å². The molecule has 1 heterocycles. The Kier molecular flexibility index (Phi) is 5.96. The maximum Gasteiger partial charge on any atom is 0.227 e. The van der Waals surface area contributed by atoms with Gasteiger partial charge in [-0.25, -0.2) is 0 Å². The second-order valence-corrected chi connectivity index (χ2v) is 6.56. The van der Waals surface area contributed by atoms with Crippen LogP contribution in [-0.4, -0.2) is 38.6 Å². The van der Waals surface area contributed by atoms with Crippen molar-refractivity contribution in [3.8, 4) is 11.5 Å². The predicted octanol–water partition coefficient (Wildman–Crippen LogP) is 2.55. The van der Waals surface area contributed by atoms with Gasteiger partial charge in [0.05, 0.1) is 19.6 Å². The number of methoxy groups -OCH3 is 1. The monoisotopic (exact) mass is 368 g/mol. The van der Waals surface area contributed by atoms with Crippen molar-refractivity contribution in [2.75, 3.05) is 31.7 Å². The Balaban J connectivity index is 1.46. The highest BCUT2D eigenvalue weighted by atomic mass is 16.5. The predicted molar refractivity (Wildman–Crippen MR) is 103 cm³/mol. The van der Waals surface area contributed by atoms with Crippen LogP contribution in [0.2, 0.25) is 0 Å². The van der Waals surface area contributed by atoms with E-state index in [-0.39, 0.29) is 24.2 Å². The third-order valence-electron chi connectivity index (χ3n) is 4.57. The van der Waals surface area contributed by atoms with Crippen LogP contribution in [-0.2, 0) is 9.59 Å². The molecule has 0 bridgehead atoms. The summed E-state index contributed by atoms with van der Waals surface area (Å²) in [6.45, 7) is 3.19. The molecule has 0 saturated carbocycles. The van der Waals surface area contributed by atoms with Gasteiger partial charge in [-0.3, -0.25) is 9.59 Å². The Morgan fingerprint density at radius 2 is 1.78 bits per heavy atom. The number of carbonyl (C=O) groups excluding carboxylic acids is 2. The van der Waals surface area contributed by atoms with Gasteiger partial charge >= 0.3 is 0 Å². The zero-order valence-corrected chi connectivity index (χ0v) is 15.6. The molecule has 1 saturated heterocycles. The number of rotatable bonds is 7. The van der Waals surface area contributed by atoms with Gasteiger partial charge in [-0.1, -0.05) is 17.7 Å². The van der Waals surface area contributed by atoms with Crippen molar-refractivity contribution >= 4 is 17.5 Å². The molecule has 2 aromatic carbocycles. The number of carbonyl (C=O) groups is 2. The Labute approximate surface area is 159 Å². The average Bonchev–Trinajstić information content (AvgIpc) is 3.08. The highest BCUT2D eigenvalue weighted by Crippen LogP contribution is 2.26. The molecule has 6 nitrogen and oxygen atoms in total. The third kappa shape index (κ3) is 4.78. The van der Waals surface area contributed by atoms with E-state index in [0.717, 1.165) is 17.2 Å². The molecule has 142 valence electrons. The summed E-state index contributed by atoms with van der Waals surface area (Å²) in [7, 11) is 1.60. The molecule has 2 aromatic rings. The number of aryl methyl sites for hydroxylation is 1. The summed E-state index contributed by atoms with van der Waals surface area (Å²) in [5.41, 5.74) is 1.95. The first kappa shape index (κ1) is 18.8. The Bertz CT molecular complexity index is 787. The van der Waals surface area contributed by atoms with E-state index in [0.29, 0.717) is 19.7 Å². The molecule has 27 heavy (non-hydrogen) atoms. The van der Waals surface area contributed by atoms with Gasteiger partial charge in [-0.05, 0) is 43.3 Å². The molecular weight excluding hydrogens is 344 g/mol. The second-order valence-electron chi connectivity index (χ2n) is 6.56. The molecule has 2 amide bonds. The number of nitrogens with one attached hydrogen (secondary N) is 1. The van der Waals surface area contributed by atoms with Crippen molar-refractivity contribution in [3.63, 3.8) is 0 Å². The summed E-state index contributed by atoms with van der Waals surface area (Å²) in [4.78, 5) is 26.3. The van der Waals surface area contributed by atoms with Gasteiger partial charge in [0.1, 0.15) is 18.1 Å². The number of nitrogens with zero attached hydrogens (tertiary/aromatic N) is 1. The highest BCUT2D eigenvalue weighted by molar-refractivity contribution is 6.00. The van der Waals surface area contributed by atoms with E-state index in [2.05, 4.69) is 5.32 Å². The molecule has 1 N–H and O–H groups in total. The van der Waals surface area contributed by atoms with Crippen LogP contribution in [0.15, 0.2) is 48.5 Å². The lowest BCUT2D eigenvalue weighted by molar-refractivity contribution is -0.126. The van der Waals surface area contributed by atoms with Crippen molar-refractivity contribution in [2.24, 2.45) is 5.92 Å². The zero-order valence-electron chi connectivity index (χ0n) is 15.6. The molecule has 1 aliphatic rings. The van der Waals surface area contributed by atoms with Crippen molar-refractivity contribution in [1.82, 2.24) is 5.32 Å². The van der Waals surface area contributed by atoms with E-state index in [1.54, 1.807) is 24.1 Å². The van der Waals surface area contributed by atoms with Crippen LogP contribution in [0, 0.1) is 12.8 Å². The quantitative estimate of drug-likeness (QED) is 0.763. The Morgan fingerprint density at radius 3 is 2.44 bits per heavy atom. The molecular formula is C21H24N2O4. The van der Waals surface area contributed by atoms with Gasteiger partial charge in [0.15, 0.2) is 0 Å². The van der Waals surface area contributed by atoms with Gasteiger partial charge in [0.2, 0.25) is 11.8 Å². The number of hydrogen-bond donors (Lipinski definition) is 1. The zero-order chi connectivity index (χ0) is 19.2. The average molecular weight is 368 g/mol. The first-order chi connectivity index (χ1) is 13.1. The molecule has 6 heteroatoms. The molecule has 0 spiro atoms. The summed E-state index contributed by atoms with van der Waals surface area (Å²) >= 11 is 0. The number of ether oxygens (including phenoxy) is 2. The minimum absolute atomic E-state index is 0.0452. The number of anilines is 1. The lowest BCUT2D eigenvalue weighted by Gasteiger charge is -2.17. The van der Waals surface area contributed by atoms with Crippen LogP contribution in [0.1, 0.15) is 12.0 Å². The molecule has 3 rings (SSSR count). The van der Waals surface area contributed by atoms with Crippen molar-refractivity contribution in [3.05, 3.63) is 54.1 Å². The maximum atomic E-state index is 12.4. The smallest absolute Gasteiger partial charge is 0.227 e. The molecule has 1 atom stereocenters. The molecule has 0 aliphatic carbocycles. The van der Waals surface area contributed by atoms with Gasteiger partial charge in [0.25, 0.3) is 0 Å². The van der Waals surface area contributed by atoms with E-state index in [1.807, 2.05) is 43.3 Å². The number of hydrogen-bond acceptors (Lipinski definition) is 4. The fourth-order valence-electron chi connectivity index (χ4n) is 3.02. The Hall–Kier alpha value is -3.02. The lowest BCUT2D eigenvalue weighted by Crippen LogP contribution is -2.35. The van der Waals surface area contributed by atoms with E-state index in [9.17, 15) is 9.59 Å². The van der Waals surface area contributed by atoms with Crippen LogP contribution in [0.25, 0.3) is 0 Å². The minimum atomic E-state index is -0.348. The van der Waals surface area contributed by atoms with Crippen molar-refractivity contribution < 1.29 is 19.1 Å². The lowest BCUT2D eigenvalue weighted by atomic mass is 10.1. The fraction of sp³-hybridized carbons (Fsp3) is 0.333. The number of amides is 2. The summed E-state index contributed by atoms with van der Waals surface area (Å²) < 4.78 is 10.7. The van der Waals surface area contributed by atoms with Gasteiger partial charge in [-0.2, -0.15) is 0 Å². The minimum Gasteiger partial charge on any atom is -0.497 e. The normalized spacial score (nSPS) is 16.3. The third-order valence-corrected chi connectivity index (χ3v) is 4.57. The second kappa shape index (κ2) is 8.58. The molecule has 0 radical (unpaired) electrons. The van der Waals surface area contributed by atoms with Crippen molar-refractivity contribution in [2.45, 2.75) is 13.3 Å². The van der Waals surface area contributed by atoms with E-state index in [1.165, 1.54) is 5.56 Å². The van der Waals surface area contributed by atoms with Crippen LogP contribution in [0.5, 0.6) is 11.5 Å². The fourth-order valence-corrected chi connectivity index (χ4v) is 3.02. The molecule has 1 fully saturated rings. The maximum absolute atomic E-state index is 12.4. The molecule has 1 unspecified atom stereocenters. The first-order valence-corrected chi connectivity index (χ1v) is 8.98. The van der Waals surface area contributed by atoms with Crippen LogP contribution >= 0.6 is 0 Å². The van der Waals surface area contributed by atoms with Crippen LogP contribution in [0.3, 0.4) is 0 Å². The topological polar surface area (TPSA) is 67.9 Å². The first-order valence-electron chi connectivity index (χ1n) is 8.98. The largest absolute Gasteiger partial charge is 0.497 e. The summed E-state index contributed by atoms with van der Waals surface area (Å²) in [5.74, 6) is 0.993. The van der Waals surface area contributed by atoms with Crippen LogP contribution < -0.4 is 19.7 Å². The number of benzene rings is 2. The molecule has 0 aromatic heterocycles. The van der Waals surface area contributed by atoms with E-state index >= 15 is 0 Å². The van der Waals surface area contributed by atoms with Gasteiger partial charge in [-0.15, -0.1) is 0 Å². The standard InChI is InChI=1S/C21H24N2O4/c1-15-3-7-19(8-4-15)27-12-11-22-21(25)16-13-20(24)23(14-16)17-5-9-18(26-2)10-6-17/h3-10,16H,11-14H2,1-2H3,(H,22,25). The highest BCUT2D eigenvalue weighted by Gasteiger charge is 2.34. The molecule has 1 aliphatic heterocycles. The van der Waals surface area contributed by atoms with E-state index < -0.39 is 0 Å². The van der Waals surface area contributed by atoms with Crippen LogP contribution in [0.4, 0.5) is 5.69 Å². The SMILES string of the molecule is COc1ccc(N2CC(C(=O)NCCOc3ccc(C)cc3)CC2=O)cc1. The Morgan fingerprint density at radius 1 is 1.11 bits per heavy atom. The summed E-state index contributed by atoms with van der Waals surface area (Å²) in [6.07, 6.45) is 0.219. The van der Waals surface area contributed by atoms with Gasteiger partial charge in [0, 0.05) is 18.7 Å².